The molecule has 0 fully saturated rings. The van der Waals surface area contributed by atoms with Gasteiger partial charge in [-0.2, -0.15) is 0 Å². The first-order valence-corrected chi connectivity index (χ1v) is 8.78. The molecular formula is C20H20ClF2NO4. The summed E-state index contributed by atoms with van der Waals surface area (Å²) in [5, 5.41) is 12.4. The molecular weight excluding hydrogens is 392 g/mol. The quantitative estimate of drug-likeness (QED) is 0.745. The third kappa shape index (κ3) is 5.92. The van der Waals surface area contributed by atoms with Crippen LogP contribution in [-0.2, 0) is 9.53 Å². The van der Waals surface area contributed by atoms with E-state index in [1.807, 2.05) is 0 Å². The average Bonchev–Trinajstić information content (AvgIpc) is 2.53. The van der Waals surface area contributed by atoms with E-state index >= 15 is 0 Å². The fourth-order valence-electron chi connectivity index (χ4n) is 2.72. The molecule has 0 aromatic heterocycles. The van der Waals surface area contributed by atoms with E-state index in [0.29, 0.717) is 16.7 Å². The number of benzene rings is 2. The SMILES string of the molecule is CC(C)(C)OC(=O)N[C@H](C(=O)O)[C@@H](c1ccc(Cl)cc1)c1cc(F)cc(F)c1. The van der Waals surface area contributed by atoms with Crippen LogP contribution in [0.2, 0.25) is 5.02 Å². The van der Waals surface area contributed by atoms with Crippen LogP contribution in [0.3, 0.4) is 0 Å². The Morgan fingerprint density at radius 1 is 1.04 bits per heavy atom. The molecule has 0 unspecified atom stereocenters. The molecule has 2 aromatic carbocycles. The third-order valence-electron chi connectivity index (χ3n) is 3.74. The van der Waals surface area contributed by atoms with Gasteiger partial charge in [0.25, 0.3) is 0 Å². The van der Waals surface area contributed by atoms with Crippen molar-refractivity contribution in [2.75, 3.05) is 0 Å². The number of aliphatic carboxylic acids is 1. The summed E-state index contributed by atoms with van der Waals surface area (Å²) in [4.78, 5) is 24.1. The van der Waals surface area contributed by atoms with Gasteiger partial charge in [0, 0.05) is 17.0 Å². The van der Waals surface area contributed by atoms with Crippen molar-refractivity contribution in [3.63, 3.8) is 0 Å². The van der Waals surface area contributed by atoms with Crippen molar-refractivity contribution in [2.24, 2.45) is 0 Å². The van der Waals surface area contributed by atoms with Crippen LogP contribution in [0.4, 0.5) is 13.6 Å². The van der Waals surface area contributed by atoms with E-state index in [4.69, 9.17) is 16.3 Å². The number of alkyl carbamates (subject to hydrolysis) is 1. The second-order valence-corrected chi connectivity index (χ2v) is 7.63. The Hall–Kier alpha value is -2.67. The molecule has 0 spiro atoms. The molecule has 8 heteroatoms. The Balaban J connectivity index is 2.52. The van der Waals surface area contributed by atoms with Gasteiger partial charge in [0.05, 0.1) is 0 Å². The van der Waals surface area contributed by atoms with Gasteiger partial charge in [0.1, 0.15) is 23.3 Å². The summed E-state index contributed by atoms with van der Waals surface area (Å²) < 4.78 is 32.7. The fraction of sp³-hybridized carbons (Fsp3) is 0.300. The zero-order chi connectivity index (χ0) is 21.1. The fourth-order valence-corrected chi connectivity index (χ4v) is 2.85. The molecule has 0 radical (unpaired) electrons. The summed E-state index contributed by atoms with van der Waals surface area (Å²) in [7, 11) is 0. The van der Waals surface area contributed by atoms with Crippen LogP contribution in [-0.4, -0.2) is 28.8 Å². The van der Waals surface area contributed by atoms with Crippen molar-refractivity contribution in [1.82, 2.24) is 5.32 Å². The number of halogens is 3. The number of carboxylic acid groups (broad SMARTS) is 1. The molecule has 2 aromatic rings. The van der Waals surface area contributed by atoms with Crippen molar-refractivity contribution in [1.29, 1.82) is 0 Å². The molecule has 2 N–H and O–H groups in total. The van der Waals surface area contributed by atoms with E-state index < -0.39 is 41.3 Å². The summed E-state index contributed by atoms with van der Waals surface area (Å²) in [5.41, 5.74) is -0.408. The minimum absolute atomic E-state index is 0.0447. The molecule has 0 heterocycles. The highest BCUT2D eigenvalue weighted by atomic mass is 35.5. The molecule has 150 valence electrons. The lowest BCUT2D eigenvalue weighted by molar-refractivity contribution is -0.139. The number of carbonyl (C=O) groups excluding carboxylic acids is 1. The van der Waals surface area contributed by atoms with Crippen LogP contribution < -0.4 is 5.32 Å². The number of hydrogen-bond donors (Lipinski definition) is 2. The van der Waals surface area contributed by atoms with Gasteiger partial charge in [-0.3, -0.25) is 0 Å². The lowest BCUT2D eigenvalue weighted by Crippen LogP contribution is -2.47. The standard InChI is InChI=1S/C20H20ClF2NO4/c1-20(2,3)28-19(27)24-17(18(25)26)16(11-4-6-13(21)7-5-11)12-8-14(22)10-15(23)9-12/h4-10,16-17H,1-3H3,(H,24,27)(H,25,26)/t16-,17-/m0/s1. The largest absolute Gasteiger partial charge is 0.480 e. The van der Waals surface area contributed by atoms with Crippen molar-refractivity contribution in [2.45, 2.75) is 38.3 Å². The number of carboxylic acids is 1. The minimum Gasteiger partial charge on any atom is -0.480 e. The molecule has 0 saturated carbocycles. The molecule has 2 atom stereocenters. The number of nitrogens with one attached hydrogen (secondary N) is 1. The Labute approximate surface area is 166 Å². The highest BCUT2D eigenvalue weighted by Crippen LogP contribution is 2.31. The summed E-state index contributed by atoms with van der Waals surface area (Å²) in [5.74, 6) is -4.21. The van der Waals surface area contributed by atoms with Gasteiger partial charge in [-0.05, 0) is 56.2 Å². The van der Waals surface area contributed by atoms with Gasteiger partial charge >= 0.3 is 12.1 Å². The van der Waals surface area contributed by atoms with Crippen LogP contribution in [0.25, 0.3) is 0 Å². The van der Waals surface area contributed by atoms with E-state index in [1.54, 1.807) is 20.8 Å². The molecule has 28 heavy (non-hydrogen) atoms. The number of carbonyl (C=O) groups is 2. The van der Waals surface area contributed by atoms with Gasteiger partial charge < -0.3 is 15.2 Å². The Morgan fingerprint density at radius 3 is 2.04 bits per heavy atom. The minimum atomic E-state index is -1.54. The third-order valence-corrected chi connectivity index (χ3v) is 4.00. The summed E-state index contributed by atoms with van der Waals surface area (Å²) >= 11 is 5.89. The summed E-state index contributed by atoms with van der Waals surface area (Å²) in [6.45, 7) is 4.88. The van der Waals surface area contributed by atoms with E-state index in [9.17, 15) is 23.5 Å². The molecule has 2 rings (SSSR count). The molecule has 1 amide bonds. The summed E-state index contributed by atoms with van der Waals surface area (Å²) in [6.07, 6.45) is -0.962. The Morgan fingerprint density at radius 2 is 1.57 bits per heavy atom. The second kappa shape index (κ2) is 8.56. The first-order valence-electron chi connectivity index (χ1n) is 8.40. The molecule has 0 aliphatic heterocycles. The zero-order valence-electron chi connectivity index (χ0n) is 15.5. The molecule has 0 aliphatic rings. The normalized spacial score (nSPS) is 13.5. The predicted octanol–water partition coefficient (Wildman–Crippen LogP) is 4.73. The lowest BCUT2D eigenvalue weighted by Gasteiger charge is -2.27. The van der Waals surface area contributed by atoms with E-state index in [2.05, 4.69) is 5.32 Å². The van der Waals surface area contributed by atoms with Crippen molar-refractivity contribution in [3.05, 3.63) is 70.2 Å². The highest BCUT2D eigenvalue weighted by Gasteiger charge is 2.34. The molecule has 5 nitrogen and oxygen atoms in total. The number of ether oxygens (including phenoxy) is 1. The number of hydrogen-bond acceptors (Lipinski definition) is 3. The summed E-state index contributed by atoms with van der Waals surface area (Å²) in [6, 6.07) is 7.28. The Kier molecular flexibility index (Phi) is 6.61. The first-order chi connectivity index (χ1) is 13.0. The predicted molar refractivity (Wildman–Crippen MR) is 100 cm³/mol. The van der Waals surface area contributed by atoms with E-state index in [0.717, 1.165) is 12.1 Å². The maximum Gasteiger partial charge on any atom is 0.408 e. The van der Waals surface area contributed by atoms with Gasteiger partial charge in [-0.15, -0.1) is 0 Å². The smallest absolute Gasteiger partial charge is 0.408 e. The maximum absolute atomic E-state index is 13.8. The Bertz CT molecular complexity index is 845. The van der Waals surface area contributed by atoms with Crippen molar-refractivity contribution >= 4 is 23.7 Å². The molecule has 0 bridgehead atoms. The first kappa shape index (κ1) is 21.6. The van der Waals surface area contributed by atoms with Gasteiger partial charge in [-0.1, -0.05) is 23.7 Å². The number of rotatable bonds is 5. The van der Waals surface area contributed by atoms with Crippen LogP contribution >= 0.6 is 11.6 Å². The van der Waals surface area contributed by atoms with Crippen LogP contribution in [0.5, 0.6) is 0 Å². The van der Waals surface area contributed by atoms with Gasteiger partial charge in [0.15, 0.2) is 0 Å². The van der Waals surface area contributed by atoms with E-state index in [1.165, 1.54) is 24.3 Å². The molecule has 0 aliphatic carbocycles. The average molecular weight is 412 g/mol. The van der Waals surface area contributed by atoms with Crippen molar-refractivity contribution in [3.8, 4) is 0 Å². The topological polar surface area (TPSA) is 75.6 Å². The van der Waals surface area contributed by atoms with Crippen LogP contribution in [0.1, 0.15) is 37.8 Å². The van der Waals surface area contributed by atoms with Crippen LogP contribution in [0, 0.1) is 11.6 Å². The van der Waals surface area contributed by atoms with Gasteiger partial charge in [-0.25, -0.2) is 18.4 Å². The van der Waals surface area contributed by atoms with Crippen LogP contribution in [0.15, 0.2) is 42.5 Å². The van der Waals surface area contributed by atoms with Gasteiger partial charge in [0.2, 0.25) is 0 Å². The second-order valence-electron chi connectivity index (χ2n) is 7.19. The van der Waals surface area contributed by atoms with Crippen molar-refractivity contribution < 1.29 is 28.2 Å². The highest BCUT2D eigenvalue weighted by molar-refractivity contribution is 6.30. The number of amides is 1. The molecule has 0 saturated heterocycles. The lowest BCUT2D eigenvalue weighted by atomic mass is 9.85. The monoisotopic (exact) mass is 411 g/mol. The van der Waals surface area contributed by atoms with E-state index in [-0.39, 0.29) is 5.56 Å². The maximum atomic E-state index is 13.8. The zero-order valence-corrected chi connectivity index (χ0v) is 16.3.